The van der Waals surface area contributed by atoms with Crippen molar-refractivity contribution >= 4 is 11.3 Å². The van der Waals surface area contributed by atoms with Crippen LogP contribution in [0.25, 0.3) is 0 Å². The summed E-state index contributed by atoms with van der Waals surface area (Å²) in [5.74, 6) is 0.996. The molecule has 0 aliphatic heterocycles. The van der Waals surface area contributed by atoms with Crippen LogP contribution < -0.4 is 10.1 Å². The highest BCUT2D eigenvalue weighted by molar-refractivity contribution is 7.10. The second kappa shape index (κ2) is 7.10. The molecule has 0 radical (unpaired) electrons. The first-order valence-corrected chi connectivity index (χ1v) is 8.45. The Labute approximate surface area is 132 Å². The Morgan fingerprint density at radius 3 is 2.38 bits per heavy atom. The Hall–Kier alpha value is -1.32. The Morgan fingerprint density at radius 1 is 1.19 bits per heavy atom. The van der Waals surface area contributed by atoms with Gasteiger partial charge >= 0.3 is 0 Å². The van der Waals surface area contributed by atoms with E-state index in [1.54, 1.807) is 7.11 Å². The number of rotatable bonds is 6. The average molecular weight is 303 g/mol. The van der Waals surface area contributed by atoms with E-state index >= 15 is 0 Å². The van der Waals surface area contributed by atoms with E-state index in [1.165, 1.54) is 27.1 Å². The van der Waals surface area contributed by atoms with Crippen molar-refractivity contribution in [1.29, 1.82) is 0 Å². The van der Waals surface area contributed by atoms with Gasteiger partial charge in [0.15, 0.2) is 0 Å². The van der Waals surface area contributed by atoms with Gasteiger partial charge in [0.1, 0.15) is 5.75 Å². The summed E-state index contributed by atoms with van der Waals surface area (Å²) < 4.78 is 5.49. The number of ether oxygens (including phenoxy) is 1. The molecule has 3 heteroatoms. The van der Waals surface area contributed by atoms with Gasteiger partial charge in [0, 0.05) is 4.88 Å². The third-order valence-corrected chi connectivity index (χ3v) is 4.88. The van der Waals surface area contributed by atoms with Crippen LogP contribution in [0.5, 0.6) is 5.75 Å². The van der Waals surface area contributed by atoms with Crippen LogP contribution in [0.4, 0.5) is 0 Å². The molecule has 0 aliphatic carbocycles. The fraction of sp³-hybridized carbons (Fsp3) is 0.444. The Kier molecular flexibility index (Phi) is 5.43. The average Bonchev–Trinajstić information content (AvgIpc) is 2.92. The minimum absolute atomic E-state index is 0.272. The van der Waals surface area contributed by atoms with Crippen molar-refractivity contribution < 1.29 is 4.74 Å². The summed E-state index contributed by atoms with van der Waals surface area (Å²) >= 11 is 1.84. The predicted molar refractivity (Wildman–Crippen MR) is 91.7 cm³/mol. The quantitative estimate of drug-likeness (QED) is 0.839. The molecule has 0 amide bonds. The smallest absolute Gasteiger partial charge is 0.124 e. The Balaban J connectivity index is 2.48. The largest absolute Gasteiger partial charge is 0.496 e. The number of benzene rings is 1. The van der Waals surface area contributed by atoms with E-state index in [-0.39, 0.29) is 6.04 Å². The van der Waals surface area contributed by atoms with Crippen LogP contribution in [0, 0.1) is 13.8 Å². The van der Waals surface area contributed by atoms with Gasteiger partial charge in [-0.1, -0.05) is 26.0 Å². The molecule has 1 aromatic heterocycles. The van der Waals surface area contributed by atoms with Gasteiger partial charge in [-0.05, 0) is 60.5 Å². The number of methoxy groups -OCH3 is 1. The van der Waals surface area contributed by atoms with E-state index in [0.717, 1.165) is 18.7 Å². The molecule has 2 aromatic rings. The van der Waals surface area contributed by atoms with Crippen molar-refractivity contribution in [3.63, 3.8) is 0 Å². The fourth-order valence-corrected chi connectivity index (χ4v) is 4.03. The van der Waals surface area contributed by atoms with Crippen LogP contribution in [-0.4, -0.2) is 13.7 Å². The number of aryl methyl sites for hydroxylation is 3. The van der Waals surface area contributed by atoms with Crippen LogP contribution >= 0.6 is 11.3 Å². The molecule has 1 heterocycles. The summed E-state index contributed by atoms with van der Waals surface area (Å²) in [6.07, 6.45) is 1.08. The molecule has 0 saturated carbocycles. The predicted octanol–water partition coefficient (Wildman–Crippen LogP) is 4.63. The van der Waals surface area contributed by atoms with Crippen LogP contribution in [-0.2, 0) is 6.42 Å². The lowest BCUT2D eigenvalue weighted by molar-refractivity contribution is 0.408. The van der Waals surface area contributed by atoms with Crippen LogP contribution in [0.3, 0.4) is 0 Å². The first-order valence-electron chi connectivity index (χ1n) is 7.57. The topological polar surface area (TPSA) is 21.3 Å². The monoisotopic (exact) mass is 303 g/mol. The second-order valence-corrected chi connectivity index (χ2v) is 6.29. The zero-order valence-electron chi connectivity index (χ0n) is 13.6. The maximum Gasteiger partial charge on any atom is 0.124 e. The maximum atomic E-state index is 5.49. The first kappa shape index (κ1) is 16.1. The van der Waals surface area contributed by atoms with E-state index < -0.39 is 0 Å². The van der Waals surface area contributed by atoms with E-state index in [9.17, 15) is 0 Å². The molecular formula is C18H25NOS. The minimum Gasteiger partial charge on any atom is -0.496 e. The van der Waals surface area contributed by atoms with Crippen molar-refractivity contribution in [2.75, 3.05) is 13.7 Å². The summed E-state index contributed by atoms with van der Waals surface area (Å²) in [5.41, 5.74) is 5.16. The fourth-order valence-electron chi connectivity index (χ4n) is 2.93. The van der Waals surface area contributed by atoms with E-state index in [2.05, 4.69) is 56.6 Å². The van der Waals surface area contributed by atoms with Crippen molar-refractivity contribution in [1.82, 2.24) is 5.32 Å². The summed E-state index contributed by atoms with van der Waals surface area (Å²) in [7, 11) is 1.74. The number of hydrogen-bond donors (Lipinski definition) is 1. The van der Waals surface area contributed by atoms with Crippen LogP contribution in [0.1, 0.15) is 47.0 Å². The van der Waals surface area contributed by atoms with Crippen molar-refractivity contribution in [3.05, 3.63) is 50.7 Å². The Bertz CT molecular complexity index is 580. The maximum absolute atomic E-state index is 5.49. The van der Waals surface area contributed by atoms with Gasteiger partial charge in [0.25, 0.3) is 0 Å². The molecule has 1 atom stereocenters. The summed E-state index contributed by atoms with van der Waals surface area (Å²) in [6.45, 7) is 9.57. The molecule has 2 rings (SSSR count). The van der Waals surface area contributed by atoms with E-state index in [4.69, 9.17) is 4.74 Å². The highest BCUT2D eigenvalue weighted by Crippen LogP contribution is 2.34. The molecule has 0 spiro atoms. The van der Waals surface area contributed by atoms with Gasteiger partial charge in [-0.3, -0.25) is 0 Å². The van der Waals surface area contributed by atoms with Gasteiger partial charge in [0.2, 0.25) is 0 Å². The van der Waals surface area contributed by atoms with Gasteiger partial charge < -0.3 is 10.1 Å². The Morgan fingerprint density at radius 2 is 1.86 bits per heavy atom. The lowest BCUT2D eigenvalue weighted by Crippen LogP contribution is -2.22. The molecule has 1 aromatic carbocycles. The SMILES string of the molecule is CCNC(c1cc(C)c(OC)c(C)c1)c1sccc1CC. The molecular weight excluding hydrogens is 278 g/mol. The number of thiophene rings is 1. The second-order valence-electron chi connectivity index (χ2n) is 5.34. The standard InChI is InChI=1S/C18H25NOS/c1-6-14-8-9-21-18(14)16(19-7-2)15-10-12(3)17(20-5)13(4)11-15/h8-11,16,19H,6-7H2,1-5H3. The minimum atomic E-state index is 0.272. The molecule has 1 unspecified atom stereocenters. The summed E-state index contributed by atoms with van der Waals surface area (Å²) in [5, 5.41) is 5.83. The van der Waals surface area contributed by atoms with E-state index in [1.807, 2.05) is 11.3 Å². The van der Waals surface area contributed by atoms with Gasteiger partial charge in [-0.2, -0.15) is 0 Å². The zero-order chi connectivity index (χ0) is 15.4. The third-order valence-electron chi connectivity index (χ3n) is 3.85. The normalized spacial score (nSPS) is 12.4. The van der Waals surface area contributed by atoms with Gasteiger partial charge in [-0.15, -0.1) is 11.3 Å². The molecule has 1 N–H and O–H groups in total. The van der Waals surface area contributed by atoms with Crippen molar-refractivity contribution in [2.24, 2.45) is 0 Å². The molecule has 2 nitrogen and oxygen atoms in total. The van der Waals surface area contributed by atoms with Crippen LogP contribution in [0.2, 0.25) is 0 Å². The molecule has 21 heavy (non-hydrogen) atoms. The van der Waals surface area contributed by atoms with Crippen LogP contribution in [0.15, 0.2) is 23.6 Å². The third kappa shape index (κ3) is 3.30. The van der Waals surface area contributed by atoms with Crippen molar-refractivity contribution in [3.8, 4) is 5.75 Å². The van der Waals surface area contributed by atoms with Crippen molar-refractivity contribution in [2.45, 2.75) is 40.2 Å². The lowest BCUT2D eigenvalue weighted by atomic mass is 9.97. The highest BCUT2D eigenvalue weighted by Gasteiger charge is 2.19. The summed E-state index contributed by atoms with van der Waals surface area (Å²) in [6, 6.07) is 7.01. The van der Waals surface area contributed by atoms with E-state index in [0.29, 0.717) is 0 Å². The lowest BCUT2D eigenvalue weighted by Gasteiger charge is -2.21. The molecule has 0 aliphatic rings. The molecule has 0 saturated heterocycles. The molecule has 0 bridgehead atoms. The highest BCUT2D eigenvalue weighted by atomic mass is 32.1. The zero-order valence-corrected chi connectivity index (χ0v) is 14.4. The first-order chi connectivity index (χ1) is 10.1. The van der Waals surface area contributed by atoms with Gasteiger partial charge in [-0.25, -0.2) is 0 Å². The molecule has 0 fully saturated rings. The number of nitrogens with one attached hydrogen (secondary N) is 1. The molecule has 114 valence electrons. The summed E-state index contributed by atoms with van der Waals surface area (Å²) in [4.78, 5) is 1.43. The van der Waals surface area contributed by atoms with Gasteiger partial charge in [0.05, 0.1) is 13.2 Å². The number of hydrogen-bond acceptors (Lipinski definition) is 3.